The van der Waals surface area contributed by atoms with Crippen LogP contribution in [0.15, 0.2) is 23.7 Å². The van der Waals surface area contributed by atoms with Gasteiger partial charge in [-0.15, -0.1) is 0 Å². The summed E-state index contributed by atoms with van der Waals surface area (Å²) in [5, 5.41) is 9.44. The van der Waals surface area contributed by atoms with Crippen molar-refractivity contribution >= 4 is 0 Å². The zero-order valence-corrected chi connectivity index (χ0v) is 7.57. The first-order valence-electron chi connectivity index (χ1n) is 3.88. The van der Waals surface area contributed by atoms with Crippen LogP contribution in [-0.4, -0.2) is 25.4 Å². The van der Waals surface area contributed by atoms with Gasteiger partial charge in [-0.05, 0) is 12.2 Å². The molecule has 0 heterocycles. The van der Waals surface area contributed by atoms with Gasteiger partial charge in [0.15, 0.2) is 0 Å². The summed E-state index contributed by atoms with van der Waals surface area (Å²) in [4.78, 5) is 0. The molecule has 1 N–H and O–H groups in total. The van der Waals surface area contributed by atoms with E-state index in [0.29, 0.717) is 5.76 Å². The van der Waals surface area contributed by atoms with E-state index in [-0.39, 0.29) is 5.92 Å². The average molecular weight is 170 g/mol. The van der Waals surface area contributed by atoms with E-state index in [1.807, 2.05) is 13.0 Å². The fourth-order valence-corrected chi connectivity index (χ4v) is 1.26. The second-order valence-corrected chi connectivity index (χ2v) is 2.78. The number of hydrogen-bond donors (Lipinski definition) is 1. The highest BCUT2D eigenvalue weighted by molar-refractivity contribution is 5.22. The van der Waals surface area contributed by atoms with Crippen molar-refractivity contribution in [2.45, 2.75) is 13.0 Å². The van der Waals surface area contributed by atoms with Crippen LogP contribution in [0.4, 0.5) is 0 Å². The SMILES string of the molecule is COC1=CC(O)C(OC)=CC1C. The average Bonchev–Trinajstić information content (AvgIpc) is 2.08. The van der Waals surface area contributed by atoms with Crippen molar-refractivity contribution in [3.05, 3.63) is 23.7 Å². The van der Waals surface area contributed by atoms with Gasteiger partial charge < -0.3 is 14.6 Å². The van der Waals surface area contributed by atoms with Crippen LogP contribution >= 0.6 is 0 Å². The largest absolute Gasteiger partial charge is 0.501 e. The van der Waals surface area contributed by atoms with Crippen LogP contribution in [0.3, 0.4) is 0 Å². The molecule has 0 saturated carbocycles. The Kier molecular flexibility index (Phi) is 2.76. The Bertz CT molecular complexity index is 194. The molecule has 0 bridgehead atoms. The number of rotatable bonds is 2. The maximum absolute atomic E-state index is 9.44. The minimum Gasteiger partial charge on any atom is -0.501 e. The Morgan fingerprint density at radius 2 is 1.75 bits per heavy atom. The molecule has 2 unspecified atom stereocenters. The highest BCUT2D eigenvalue weighted by atomic mass is 16.5. The number of aliphatic hydroxyl groups excluding tert-OH is 1. The van der Waals surface area contributed by atoms with Gasteiger partial charge in [-0.2, -0.15) is 0 Å². The van der Waals surface area contributed by atoms with E-state index >= 15 is 0 Å². The van der Waals surface area contributed by atoms with Gasteiger partial charge in [-0.3, -0.25) is 0 Å². The standard InChI is InChI=1S/C9H14O3/c1-6-4-9(12-3)7(10)5-8(6)11-2/h4-7,10H,1-3H3. The van der Waals surface area contributed by atoms with E-state index in [9.17, 15) is 5.11 Å². The van der Waals surface area contributed by atoms with Gasteiger partial charge in [-0.25, -0.2) is 0 Å². The molecule has 0 amide bonds. The maximum Gasteiger partial charge on any atom is 0.132 e. The summed E-state index contributed by atoms with van der Waals surface area (Å²) >= 11 is 0. The Balaban J connectivity index is 2.79. The normalized spacial score (nSPS) is 29.0. The first-order chi connectivity index (χ1) is 5.69. The van der Waals surface area contributed by atoms with Crippen LogP contribution in [-0.2, 0) is 9.47 Å². The molecule has 0 radical (unpaired) electrons. The van der Waals surface area contributed by atoms with Crippen molar-refractivity contribution in [3.63, 3.8) is 0 Å². The minimum atomic E-state index is -0.666. The van der Waals surface area contributed by atoms with Gasteiger partial charge in [0.1, 0.15) is 17.6 Å². The lowest BCUT2D eigenvalue weighted by Gasteiger charge is -2.21. The van der Waals surface area contributed by atoms with Crippen molar-refractivity contribution in [1.82, 2.24) is 0 Å². The Labute approximate surface area is 72.3 Å². The molecular weight excluding hydrogens is 156 g/mol. The van der Waals surface area contributed by atoms with Crippen LogP contribution in [0.1, 0.15) is 6.92 Å². The van der Waals surface area contributed by atoms with Crippen LogP contribution < -0.4 is 0 Å². The molecule has 0 spiro atoms. The Morgan fingerprint density at radius 1 is 1.17 bits per heavy atom. The Hall–Kier alpha value is -0.960. The van der Waals surface area contributed by atoms with E-state index in [0.717, 1.165) is 5.76 Å². The molecule has 0 aromatic rings. The molecule has 1 aliphatic rings. The van der Waals surface area contributed by atoms with E-state index in [1.54, 1.807) is 20.3 Å². The lowest BCUT2D eigenvalue weighted by Crippen LogP contribution is -2.18. The van der Waals surface area contributed by atoms with Crippen LogP contribution in [0.2, 0.25) is 0 Å². The highest BCUT2D eigenvalue weighted by Crippen LogP contribution is 2.23. The van der Waals surface area contributed by atoms with Gasteiger partial charge in [-0.1, -0.05) is 6.92 Å². The van der Waals surface area contributed by atoms with Crippen molar-refractivity contribution in [2.24, 2.45) is 5.92 Å². The summed E-state index contributed by atoms with van der Waals surface area (Å²) in [6, 6.07) is 0. The third-order valence-electron chi connectivity index (χ3n) is 1.95. The maximum atomic E-state index is 9.44. The minimum absolute atomic E-state index is 0.174. The van der Waals surface area contributed by atoms with Crippen molar-refractivity contribution in [1.29, 1.82) is 0 Å². The summed E-state index contributed by atoms with van der Waals surface area (Å²) in [6.07, 6.45) is 2.84. The fourth-order valence-electron chi connectivity index (χ4n) is 1.26. The molecule has 0 fully saturated rings. The molecule has 1 rings (SSSR count). The monoisotopic (exact) mass is 170 g/mol. The highest BCUT2D eigenvalue weighted by Gasteiger charge is 2.20. The third-order valence-corrected chi connectivity index (χ3v) is 1.95. The number of hydrogen-bond acceptors (Lipinski definition) is 3. The molecule has 12 heavy (non-hydrogen) atoms. The first-order valence-corrected chi connectivity index (χ1v) is 3.88. The van der Waals surface area contributed by atoms with Crippen LogP contribution in [0, 0.1) is 5.92 Å². The van der Waals surface area contributed by atoms with E-state index < -0.39 is 6.10 Å². The summed E-state index contributed by atoms with van der Waals surface area (Å²) in [5.41, 5.74) is 0. The van der Waals surface area contributed by atoms with Gasteiger partial charge in [0.2, 0.25) is 0 Å². The third kappa shape index (κ3) is 1.61. The lowest BCUT2D eigenvalue weighted by molar-refractivity contribution is 0.142. The van der Waals surface area contributed by atoms with E-state index in [4.69, 9.17) is 9.47 Å². The van der Waals surface area contributed by atoms with E-state index in [2.05, 4.69) is 0 Å². The quantitative estimate of drug-likeness (QED) is 0.673. The molecule has 1 aliphatic carbocycles. The molecule has 3 nitrogen and oxygen atoms in total. The molecule has 68 valence electrons. The predicted molar refractivity (Wildman–Crippen MR) is 45.4 cm³/mol. The first kappa shape index (κ1) is 9.13. The number of ether oxygens (including phenoxy) is 2. The predicted octanol–water partition coefficient (Wildman–Crippen LogP) is 1.06. The molecule has 0 aromatic carbocycles. The smallest absolute Gasteiger partial charge is 0.132 e. The topological polar surface area (TPSA) is 38.7 Å². The van der Waals surface area contributed by atoms with Crippen LogP contribution in [0.25, 0.3) is 0 Å². The summed E-state index contributed by atoms with van der Waals surface area (Å²) < 4.78 is 10.0. The molecule has 0 aromatic heterocycles. The lowest BCUT2D eigenvalue weighted by atomic mass is 10.00. The molecule has 0 saturated heterocycles. The number of allylic oxidation sites excluding steroid dienone is 1. The van der Waals surface area contributed by atoms with Gasteiger partial charge in [0.25, 0.3) is 0 Å². The van der Waals surface area contributed by atoms with Gasteiger partial charge in [0, 0.05) is 5.92 Å². The second kappa shape index (κ2) is 3.63. The summed E-state index contributed by atoms with van der Waals surface area (Å²) in [7, 11) is 3.15. The second-order valence-electron chi connectivity index (χ2n) is 2.78. The van der Waals surface area contributed by atoms with E-state index in [1.165, 1.54) is 0 Å². The van der Waals surface area contributed by atoms with Crippen molar-refractivity contribution in [3.8, 4) is 0 Å². The van der Waals surface area contributed by atoms with Crippen molar-refractivity contribution in [2.75, 3.05) is 14.2 Å². The number of aliphatic hydroxyl groups is 1. The Morgan fingerprint density at radius 3 is 2.25 bits per heavy atom. The van der Waals surface area contributed by atoms with Crippen LogP contribution in [0.5, 0.6) is 0 Å². The summed E-state index contributed by atoms with van der Waals surface area (Å²) in [6.45, 7) is 1.99. The van der Waals surface area contributed by atoms with Gasteiger partial charge >= 0.3 is 0 Å². The van der Waals surface area contributed by atoms with Gasteiger partial charge in [0.05, 0.1) is 14.2 Å². The molecule has 2 atom stereocenters. The molecular formula is C9H14O3. The zero-order valence-electron chi connectivity index (χ0n) is 7.57. The fraction of sp³-hybridized carbons (Fsp3) is 0.556. The van der Waals surface area contributed by atoms with Crippen molar-refractivity contribution < 1.29 is 14.6 Å². The zero-order chi connectivity index (χ0) is 9.14. The molecule has 3 heteroatoms. The number of methoxy groups -OCH3 is 2. The summed E-state index contributed by atoms with van der Waals surface area (Å²) in [5.74, 6) is 1.54. The molecule has 0 aliphatic heterocycles.